The molecule has 3 aromatic rings. The first kappa shape index (κ1) is 22.1. The van der Waals surface area contributed by atoms with Crippen LogP contribution in [0.2, 0.25) is 0 Å². The van der Waals surface area contributed by atoms with E-state index in [4.69, 9.17) is 9.47 Å². The van der Waals surface area contributed by atoms with Crippen molar-refractivity contribution in [2.45, 2.75) is 20.5 Å². The second kappa shape index (κ2) is 9.57. The van der Waals surface area contributed by atoms with E-state index in [1.165, 1.54) is 7.11 Å². The van der Waals surface area contributed by atoms with Crippen LogP contribution in [0.4, 0.5) is 5.69 Å². The molecule has 166 valence electrons. The second-order valence-corrected chi connectivity index (χ2v) is 7.80. The van der Waals surface area contributed by atoms with Gasteiger partial charge >= 0.3 is 5.97 Å². The standard InChI is InChI=1S/C28H25NO4/c1-19-13-15-23(16-14-19)29-20(2)26(28(31)32-3)24(27(29)30)17-22-11-7-8-12-25(22)33-18-21-9-5-4-6-10-21/h4-17H,18H2,1-3H3/b24-17-. The molecule has 0 unspecified atom stereocenters. The van der Waals surface area contributed by atoms with E-state index < -0.39 is 5.97 Å². The number of ether oxygens (including phenoxy) is 2. The maximum absolute atomic E-state index is 13.5. The van der Waals surface area contributed by atoms with Gasteiger partial charge < -0.3 is 9.47 Å². The highest BCUT2D eigenvalue weighted by Crippen LogP contribution is 2.36. The quantitative estimate of drug-likeness (QED) is 0.379. The van der Waals surface area contributed by atoms with Crippen molar-refractivity contribution in [1.29, 1.82) is 0 Å². The van der Waals surface area contributed by atoms with Gasteiger partial charge in [-0.05, 0) is 43.7 Å². The molecule has 3 aromatic carbocycles. The Morgan fingerprint density at radius 3 is 2.27 bits per heavy atom. The first-order chi connectivity index (χ1) is 16.0. The van der Waals surface area contributed by atoms with Crippen LogP contribution in [0.25, 0.3) is 6.08 Å². The van der Waals surface area contributed by atoms with Crippen LogP contribution < -0.4 is 9.64 Å². The summed E-state index contributed by atoms with van der Waals surface area (Å²) in [4.78, 5) is 27.7. The van der Waals surface area contributed by atoms with E-state index >= 15 is 0 Å². The molecule has 1 aliphatic heterocycles. The van der Waals surface area contributed by atoms with Crippen molar-refractivity contribution in [2.24, 2.45) is 0 Å². The number of methoxy groups -OCH3 is 1. The fourth-order valence-corrected chi connectivity index (χ4v) is 3.81. The number of carbonyl (C=O) groups excluding carboxylic acids is 2. The van der Waals surface area contributed by atoms with Crippen molar-refractivity contribution < 1.29 is 19.1 Å². The lowest BCUT2D eigenvalue weighted by Gasteiger charge is -2.18. The summed E-state index contributed by atoms with van der Waals surface area (Å²) in [7, 11) is 1.32. The van der Waals surface area contributed by atoms with E-state index in [2.05, 4.69) is 0 Å². The number of para-hydroxylation sites is 1. The van der Waals surface area contributed by atoms with Crippen LogP contribution in [0.3, 0.4) is 0 Å². The average molecular weight is 440 g/mol. The van der Waals surface area contributed by atoms with Gasteiger partial charge in [-0.1, -0.05) is 66.2 Å². The molecule has 0 bridgehead atoms. The normalized spacial score (nSPS) is 14.7. The van der Waals surface area contributed by atoms with Crippen LogP contribution in [0.1, 0.15) is 23.6 Å². The molecule has 1 heterocycles. The lowest BCUT2D eigenvalue weighted by molar-refractivity contribution is -0.136. The lowest BCUT2D eigenvalue weighted by Crippen LogP contribution is -2.24. The Bertz CT molecular complexity index is 1240. The van der Waals surface area contributed by atoms with Crippen molar-refractivity contribution in [3.8, 4) is 5.75 Å². The van der Waals surface area contributed by atoms with E-state index in [0.717, 1.165) is 11.1 Å². The topological polar surface area (TPSA) is 55.8 Å². The summed E-state index contributed by atoms with van der Waals surface area (Å²) in [5, 5.41) is 0. The van der Waals surface area contributed by atoms with Crippen LogP contribution in [0, 0.1) is 6.92 Å². The fourth-order valence-electron chi connectivity index (χ4n) is 3.81. The van der Waals surface area contributed by atoms with E-state index in [9.17, 15) is 9.59 Å². The predicted octanol–water partition coefficient (Wildman–Crippen LogP) is 5.45. The number of benzene rings is 3. The highest BCUT2D eigenvalue weighted by molar-refractivity contribution is 6.23. The van der Waals surface area contributed by atoms with Crippen LogP contribution in [-0.2, 0) is 20.9 Å². The van der Waals surface area contributed by atoms with Crippen LogP contribution in [0.5, 0.6) is 5.75 Å². The van der Waals surface area contributed by atoms with Gasteiger partial charge in [0.05, 0.1) is 18.3 Å². The summed E-state index contributed by atoms with van der Waals surface area (Å²) in [6.07, 6.45) is 1.70. The van der Waals surface area contributed by atoms with Crippen LogP contribution >= 0.6 is 0 Å². The third kappa shape index (κ3) is 4.58. The minimum absolute atomic E-state index is 0.251. The van der Waals surface area contributed by atoms with E-state index in [1.54, 1.807) is 17.9 Å². The van der Waals surface area contributed by atoms with Gasteiger partial charge in [-0.25, -0.2) is 4.79 Å². The van der Waals surface area contributed by atoms with Crippen LogP contribution in [0.15, 0.2) is 95.7 Å². The molecule has 0 radical (unpaired) electrons. The molecule has 0 N–H and O–H groups in total. The maximum atomic E-state index is 13.5. The molecule has 1 amide bonds. The van der Waals surface area contributed by atoms with Gasteiger partial charge in [-0.2, -0.15) is 0 Å². The Morgan fingerprint density at radius 1 is 0.909 bits per heavy atom. The molecular weight excluding hydrogens is 414 g/mol. The van der Waals surface area contributed by atoms with Crippen LogP contribution in [-0.4, -0.2) is 19.0 Å². The number of esters is 1. The molecule has 33 heavy (non-hydrogen) atoms. The van der Waals surface area contributed by atoms with E-state index in [1.807, 2.05) is 85.8 Å². The predicted molar refractivity (Wildman–Crippen MR) is 129 cm³/mol. The highest BCUT2D eigenvalue weighted by atomic mass is 16.5. The number of aryl methyl sites for hydroxylation is 1. The SMILES string of the molecule is COC(=O)C1=C(C)N(c2ccc(C)cc2)C(=O)/C1=C\c1ccccc1OCc1ccccc1. The van der Waals surface area contributed by atoms with Crippen molar-refractivity contribution in [1.82, 2.24) is 0 Å². The number of hydrogen-bond acceptors (Lipinski definition) is 4. The first-order valence-corrected chi connectivity index (χ1v) is 10.7. The van der Waals surface area contributed by atoms with Crippen molar-refractivity contribution in [2.75, 3.05) is 12.0 Å². The summed E-state index contributed by atoms with van der Waals surface area (Å²) >= 11 is 0. The Kier molecular flexibility index (Phi) is 6.41. The third-order valence-electron chi connectivity index (χ3n) is 5.54. The van der Waals surface area contributed by atoms with Gasteiger partial charge in [0.25, 0.3) is 5.91 Å². The maximum Gasteiger partial charge on any atom is 0.340 e. The second-order valence-electron chi connectivity index (χ2n) is 7.80. The smallest absolute Gasteiger partial charge is 0.340 e. The molecule has 0 spiro atoms. The number of amides is 1. The number of rotatable bonds is 6. The van der Waals surface area contributed by atoms with Crippen molar-refractivity contribution in [3.05, 3.63) is 112 Å². The molecule has 0 aromatic heterocycles. The molecule has 5 nitrogen and oxygen atoms in total. The Labute approximate surface area is 193 Å². The monoisotopic (exact) mass is 439 g/mol. The summed E-state index contributed by atoms with van der Waals surface area (Å²) in [5.74, 6) is -0.212. The number of allylic oxidation sites excluding steroid dienone is 1. The number of anilines is 1. The van der Waals surface area contributed by atoms with Gasteiger partial charge in [-0.15, -0.1) is 0 Å². The molecule has 5 heteroatoms. The third-order valence-corrected chi connectivity index (χ3v) is 5.54. The Hall–Kier alpha value is -4.12. The van der Waals surface area contributed by atoms with Gasteiger partial charge in [0.1, 0.15) is 12.4 Å². The van der Waals surface area contributed by atoms with E-state index in [-0.39, 0.29) is 17.1 Å². The van der Waals surface area contributed by atoms with Crippen molar-refractivity contribution >= 4 is 23.6 Å². The minimum Gasteiger partial charge on any atom is -0.488 e. The molecule has 1 aliphatic rings. The van der Waals surface area contributed by atoms with Gasteiger partial charge in [0.2, 0.25) is 0 Å². The zero-order chi connectivity index (χ0) is 23.4. The molecule has 0 fully saturated rings. The molecule has 0 saturated heterocycles. The fraction of sp³-hybridized carbons (Fsp3) is 0.143. The van der Waals surface area contributed by atoms with Gasteiger partial charge in [0.15, 0.2) is 0 Å². The number of hydrogen-bond donors (Lipinski definition) is 0. The molecular formula is C28H25NO4. The van der Waals surface area contributed by atoms with Gasteiger partial charge in [0, 0.05) is 16.9 Å². The Balaban J connectivity index is 1.73. The van der Waals surface area contributed by atoms with E-state index in [0.29, 0.717) is 29.3 Å². The summed E-state index contributed by atoms with van der Waals surface area (Å²) in [5.41, 5.74) is 4.58. The first-order valence-electron chi connectivity index (χ1n) is 10.7. The molecule has 4 rings (SSSR count). The molecule has 0 aliphatic carbocycles. The van der Waals surface area contributed by atoms with Gasteiger partial charge in [-0.3, -0.25) is 9.69 Å². The zero-order valence-electron chi connectivity index (χ0n) is 18.9. The summed E-state index contributed by atoms with van der Waals surface area (Å²) in [6, 6.07) is 24.9. The highest BCUT2D eigenvalue weighted by Gasteiger charge is 2.38. The van der Waals surface area contributed by atoms with Crippen molar-refractivity contribution in [3.63, 3.8) is 0 Å². The molecule has 0 atom stereocenters. The summed E-state index contributed by atoms with van der Waals surface area (Å²) in [6.45, 7) is 4.13. The average Bonchev–Trinajstić information content (AvgIpc) is 3.08. The minimum atomic E-state index is -0.551. The molecule has 0 saturated carbocycles. The number of carbonyl (C=O) groups is 2. The number of nitrogens with zero attached hydrogens (tertiary/aromatic N) is 1. The Morgan fingerprint density at radius 2 is 1.58 bits per heavy atom. The lowest BCUT2D eigenvalue weighted by atomic mass is 10.0. The zero-order valence-corrected chi connectivity index (χ0v) is 18.9. The summed E-state index contributed by atoms with van der Waals surface area (Å²) < 4.78 is 11.1. The largest absolute Gasteiger partial charge is 0.488 e.